The van der Waals surface area contributed by atoms with Crippen LogP contribution in [0.25, 0.3) is 0 Å². The minimum atomic E-state index is 0.397. The molecule has 0 heterocycles. The summed E-state index contributed by atoms with van der Waals surface area (Å²) in [6, 6.07) is 0. The standard InChI is InChI=1S/C11H24OS/c1-5-11(8-13)7-12-10(4)6-9(2)3/h9-11,13H,5-8H2,1-4H3. The fourth-order valence-corrected chi connectivity index (χ4v) is 1.70. The molecule has 80 valence electrons. The summed E-state index contributed by atoms with van der Waals surface area (Å²) in [6.07, 6.45) is 2.72. The molecule has 2 unspecified atom stereocenters. The second-order valence-corrected chi connectivity index (χ2v) is 4.60. The molecule has 13 heavy (non-hydrogen) atoms. The lowest BCUT2D eigenvalue weighted by Gasteiger charge is -2.18. The number of thiol groups is 1. The Bertz CT molecular complexity index is 111. The van der Waals surface area contributed by atoms with Gasteiger partial charge < -0.3 is 4.74 Å². The maximum absolute atomic E-state index is 5.75. The molecule has 0 aliphatic carbocycles. The first-order valence-corrected chi connectivity index (χ1v) is 5.95. The smallest absolute Gasteiger partial charge is 0.0549 e. The van der Waals surface area contributed by atoms with E-state index in [1.165, 1.54) is 0 Å². The number of hydrogen-bond donors (Lipinski definition) is 1. The van der Waals surface area contributed by atoms with E-state index in [2.05, 4.69) is 40.3 Å². The van der Waals surface area contributed by atoms with Gasteiger partial charge in [0.05, 0.1) is 12.7 Å². The summed E-state index contributed by atoms with van der Waals surface area (Å²) in [5.41, 5.74) is 0. The second-order valence-electron chi connectivity index (χ2n) is 4.23. The summed E-state index contributed by atoms with van der Waals surface area (Å²) in [5.74, 6) is 2.29. The van der Waals surface area contributed by atoms with Crippen LogP contribution in [0.1, 0.15) is 40.5 Å². The molecule has 0 saturated carbocycles. The fourth-order valence-electron chi connectivity index (χ4n) is 1.33. The molecule has 1 nitrogen and oxygen atoms in total. The van der Waals surface area contributed by atoms with Gasteiger partial charge in [0.2, 0.25) is 0 Å². The Balaban J connectivity index is 3.49. The van der Waals surface area contributed by atoms with Crippen molar-refractivity contribution in [1.29, 1.82) is 0 Å². The molecule has 0 aromatic carbocycles. The van der Waals surface area contributed by atoms with Gasteiger partial charge >= 0.3 is 0 Å². The van der Waals surface area contributed by atoms with Crippen LogP contribution in [0.2, 0.25) is 0 Å². The highest BCUT2D eigenvalue weighted by atomic mass is 32.1. The Labute approximate surface area is 88.7 Å². The maximum Gasteiger partial charge on any atom is 0.0549 e. The van der Waals surface area contributed by atoms with Crippen molar-refractivity contribution in [3.05, 3.63) is 0 Å². The van der Waals surface area contributed by atoms with E-state index in [9.17, 15) is 0 Å². The van der Waals surface area contributed by atoms with Crippen molar-refractivity contribution < 1.29 is 4.74 Å². The molecule has 2 heteroatoms. The molecule has 0 spiro atoms. The van der Waals surface area contributed by atoms with Crippen LogP contribution in [0.5, 0.6) is 0 Å². The zero-order valence-electron chi connectivity index (χ0n) is 9.42. The summed E-state index contributed by atoms with van der Waals surface area (Å²) >= 11 is 4.29. The van der Waals surface area contributed by atoms with Crippen molar-refractivity contribution in [3.63, 3.8) is 0 Å². The Morgan fingerprint density at radius 1 is 1.23 bits per heavy atom. The quantitative estimate of drug-likeness (QED) is 0.625. The van der Waals surface area contributed by atoms with Crippen LogP contribution in [-0.4, -0.2) is 18.5 Å². The van der Waals surface area contributed by atoms with Crippen molar-refractivity contribution in [2.24, 2.45) is 11.8 Å². The van der Waals surface area contributed by atoms with Crippen LogP contribution in [0.15, 0.2) is 0 Å². The number of rotatable bonds is 7. The van der Waals surface area contributed by atoms with Crippen molar-refractivity contribution in [3.8, 4) is 0 Å². The first kappa shape index (κ1) is 13.3. The lowest BCUT2D eigenvalue weighted by atomic mass is 10.1. The van der Waals surface area contributed by atoms with E-state index in [4.69, 9.17) is 4.74 Å². The molecule has 0 radical (unpaired) electrons. The molecule has 0 bridgehead atoms. The lowest BCUT2D eigenvalue weighted by Crippen LogP contribution is -2.18. The van der Waals surface area contributed by atoms with Crippen molar-refractivity contribution >= 4 is 12.6 Å². The van der Waals surface area contributed by atoms with Gasteiger partial charge in [0.25, 0.3) is 0 Å². The predicted molar refractivity (Wildman–Crippen MR) is 62.5 cm³/mol. The van der Waals surface area contributed by atoms with Gasteiger partial charge in [-0.3, -0.25) is 0 Å². The zero-order valence-corrected chi connectivity index (χ0v) is 10.3. The Kier molecular flexibility index (Phi) is 7.87. The minimum Gasteiger partial charge on any atom is -0.378 e. The van der Waals surface area contributed by atoms with E-state index in [1.807, 2.05) is 0 Å². The molecule has 2 atom stereocenters. The maximum atomic E-state index is 5.75. The van der Waals surface area contributed by atoms with E-state index in [-0.39, 0.29) is 0 Å². The summed E-state index contributed by atoms with van der Waals surface area (Å²) in [7, 11) is 0. The van der Waals surface area contributed by atoms with Gasteiger partial charge in [-0.2, -0.15) is 12.6 Å². The van der Waals surface area contributed by atoms with Gasteiger partial charge in [-0.1, -0.05) is 27.2 Å². The third-order valence-corrected chi connectivity index (χ3v) is 2.77. The van der Waals surface area contributed by atoms with E-state index in [0.717, 1.165) is 31.1 Å². The molecule has 0 fully saturated rings. The summed E-state index contributed by atoms with van der Waals surface area (Å²) in [6.45, 7) is 9.68. The highest BCUT2D eigenvalue weighted by Crippen LogP contribution is 2.11. The van der Waals surface area contributed by atoms with Crippen LogP contribution >= 0.6 is 12.6 Å². The molecule has 0 aliphatic heterocycles. The second kappa shape index (κ2) is 7.69. The number of ether oxygens (including phenoxy) is 1. The van der Waals surface area contributed by atoms with Crippen LogP contribution in [0.4, 0.5) is 0 Å². The van der Waals surface area contributed by atoms with E-state index >= 15 is 0 Å². The van der Waals surface area contributed by atoms with Crippen LogP contribution in [-0.2, 0) is 4.74 Å². The molecule has 0 saturated heterocycles. The minimum absolute atomic E-state index is 0.397. The Morgan fingerprint density at radius 2 is 1.85 bits per heavy atom. The van der Waals surface area contributed by atoms with Gasteiger partial charge in [-0.25, -0.2) is 0 Å². The topological polar surface area (TPSA) is 9.23 Å². The van der Waals surface area contributed by atoms with Crippen LogP contribution in [0.3, 0.4) is 0 Å². The SMILES string of the molecule is CCC(CS)COC(C)CC(C)C. The van der Waals surface area contributed by atoms with Gasteiger partial charge in [0.15, 0.2) is 0 Å². The van der Waals surface area contributed by atoms with Gasteiger partial charge in [0.1, 0.15) is 0 Å². The highest BCUT2D eigenvalue weighted by molar-refractivity contribution is 7.80. The molecule has 0 aromatic heterocycles. The molecule has 0 aliphatic rings. The largest absolute Gasteiger partial charge is 0.378 e. The van der Waals surface area contributed by atoms with Gasteiger partial charge in [-0.05, 0) is 30.9 Å². The molecule has 0 aromatic rings. The summed E-state index contributed by atoms with van der Waals surface area (Å²) < 4.78 is 5.75. The first-order valence-electron chi connectivity index (χ1n) is 5.32. The Hall–Kier alpha value is 0.310. The molecule has 0 N–H and O–H groups in total. The fraction of sp³-hybridized carbons (Fsp3) is 1.00. The number of hydrogen-bond acceptors (Lipinski definition) is 2. The molecular weight excluding hydrogens is 180 g/mol. The third kappa shape index (κ3) is 7.39. The van der Waals surface area contributed by atoms with Crippen molar-refractivity contribution in [2.45, 2.75) is 46.6 Å². The predicted octanol–water partition coefficient (Wildman–Crippen LogP) is 3.39. The van der Waals surface area contributed by atoms with E-state index in [1.54, 1.807) is 0 Å². The third-order valence-electron chi connectivity index (χ3n) is 2.26. The molecule has 0 amide bonds. The van der Waals surface area contributed by atoms with E-state index < -0.39 is 0 Å². The summed E-state index contributed by atoms with van der Waals surface area (Å²) in [5, 5.41) is 0. The monoisotopic (exact) mass is 204 g/mol. The average molecular weight is 204 g/mol. The lowest BCUT2D eigenvalue weighted by molar-refractivity contribution is 0.0322. The molecular formula is C11H24OS. The zero-order chi connectivity index (χ0) is 10.3. The van der Waals surface area contributed by atoms with Crippen LogP contribution in [0, 0.1) is 11.8 Å². The van der Waals surface area contributed by atoms with Crippen molar-refractivity contribution in [1.82, 2.24) is 0 Å². The van der Waals surface area contributed by atoms with Crippen molar-refractivity contribution in [2.75, 3.05) is 12.4 Å². The average Bonchev–Trinajstić information content (AvgIpc) is 2.05. The van der Waals surface area contributed by atoms with Gasteiger partial charge in [0, 0.05) is 0 Å². The molecule has 0 rings (SSSR count). The highest BCUT2D eigenvalue weighted by Gasteiger charge is 2.09. The van der Waals surface area contributed by atoms with Crippen LogP contribution < -0.4 is 0 Å². The Morgan fingerprint density at radius 3 is 2.23 bits per heavy atom. The normalized spacial score (nSPS) is 16.2. The first-order chi connectivity index (χ1) is 6.10. The summed E-state index contributed by atoms with van der Waals surface area (Å²) in [4.78, 5) is 0. The van der Waals surface area contributed by atoms with Gasteiger partial charge in [-0.15, -0.1) is 0 Å². The van der Waals surface area contributed by atoms with E-state index in [0.29, 0.717) is 12.0 Å².